The Hall–Kier alpha value is -3.68. The van der Waals surface area contributed by atoms with Crippen molar-refractivity contribution < 1.29 is 14.1 Å². The second-order valence-corrected chi connectivity index (χ2v) is 7.09. The largest absolute Gasteiger partial charge is 0.339 e. The zero-order valence-electron chi connectivity index (χ0n) is 17.0. The molecule has 8 nitrogen and oxygen atoms in total. The molecular formula is C22H25N5O3. The van der Waals surface area contributed by atoms with Gasteiger partial charge in [0.15, 0.2) is 5.82 Å². The van der Waals surface area contributed by atoms with Gasteiger partial charge in [0.05, 0.1) is 0 Å². The molecule has 0 radical (unpaired) electrons. The highest BCUT2D eigenvalue weighted by molar-refractivity contribution is 6.04. The molecule has 0 saturated heterocycles. The number of aryl methyl sites for hydroxylation is 1. The van der Waals surface area contributed by atoms with Crippen molar-refractivity contribution in [3.8, 4) is 0 Å². The van der Waals surface area contributed by atoms with Gasteiger partial charge in [-0.15, -0.1) is 0 Å². The molecule has 0 aliphatic heterocycles. The smallest absolute Gasteiger partial charge is 0.319 e. The molecule has 8 heteroatoms. The van der Waals surface area contributed by atoms with E-state index >= 15 is 0 Å². The minimum atomic E-state index is -0.324. The number of hydrogen-bond donors (Lipinski definition) is 3. The Morgan fingerprint density at radius 3 is 2.43 bits per heavy atom. The molecule has 2 aromatic carbocycles. The van der Waals surface area contributed by atoms with Gasteiger partial charge in [0, 0.05) is 35.8 Å². The van der Waals surface area contributed by atoms with Gasteiger partial charge in [-0.2, -0.15) is 4.98 Å². The number of carbonyl (C=O) groups is 2. The molecule has 1 aromatic heterocycles. The molecular weight excluding hydrogens is 382 g/mol. The summed E-state index contributed by atoms with van der Waals surface area (Å²) in [4.78, 5) is 28.7. The SMILES string of the molecule is CC(C)c1noc(CCCNC(=O)Nc2cccc(NC(=O)c3ccccc3)c2)n1. The van der Waals surface area contributed by atoms with Gasteiger partial charge >= 0.3 is 6.03 Å². The Morgan fingerprint density at radius 1 is 1.00 bits per heavy atom. The van der Waals surface area contributed by atoms with Crippen molar-refractivity contribution >= 4 is 23.3 Å². The number of nitrogens with zero attached hydrogens (tertiary/aromatic N) is 2. The van der Waals surface area contributed by atoms with Crippen LogP contribution in [0, 0.1) is 0 Å². The minimum Gasteiger partial charge on any atom is -0.339 e. The summed E-state index contributed by atoms with van der Waals surface area (Å²) in [6.07, 6.45) is 1.28. The summed E-state index contributed by atoms with van der Waals surface area (Å²) in [6, 6.07) is 15.6. The van der Waals surface area contributed by atoms with Crippen LogP contribution in [0.3, 0.4) is 0 Å². The third kappa shape index (κ3) is 6.16. The van der Waals surface area contributed by atoms with Crippen LogP contribution in [0.4, 0.5) is 16.2 Å². The van der Waals surface area contributed by atoms with Crippen molar-refractivity contribution in [2.75, 3.05) is 17.2 Å². The lowest BCUT2D eigenvalue weighted by molar-refractivity contribution is 0.102. The summed E-state index contributed by atoms with van der Waals surface area (Å²) < 4.78 is 5.18. The van der Waals surface area contributed by atoms with Crippen LogP contribution in [0.5, 0.6) is 0 Å². The predicted molar refractivity (Wildman–Crippen MR) is 115 cm³/mol. The molecule has 0 fully saturated rings. The molecule has 0 aliphatic rings. The third-order valence-electron chi connectivity index (χ3n) is 4.27. The highest BCUT2D eigenvalue weighted by Gasteiger charge is 2.10. The number of rotatable bonds is 8. The summed E-state index contributed by atoms with van der Waals surface area (Å²) in [6.45, 7) is 4.47. The Bertz CT molecular complexity index is 985. The molecule has 0 aliphatic carbocycles. The fraction of sp³-hybridized carbons (Fsp3) is 0.273. The highest BCUT2D eigenvalue weighted by atomic mass is 16.5. The van der Waals surface area contributed by atoms with Crippen LogP contribution in [0.25, 0.3) is 0 Å². The van der Waals surface area contributed by atoms with E-state index in [4.69, 9.17) is 4.52 Å². The first-order valence-corrected chi connectivity index (χ1v) is 9.85. The van der Waals surface area contributed by atoms with Crippen molar-refractivity contribution in [1.82, 2.24) is 15.5 Å². The number of anilines is 2. The number of benzene rings is 2. The van der Waals surface area contributed by atoms with E-state index in [0.29, 0.717) is 48.0 Å². The monoisotopic (exact) mass is 407 g/mol. The van der Waals surface area contributed by atoms with E-state index < -0.39 is 0 Å². The summed E-state index contributed by atoms with van der Waals surface area (Å²) in [5.74, 6) is 1.27. The summed E-state index contributed by atoms with van der Waals surface area (Å²) in [5.41, 5.74) is 1.74. The molecule has 3 amide bonds. The lowest BCUT2D eigenvalue weighted by Crippen LogP contribution is -2.29. The zero-order chi connectivity index (χ0) is 21.3. The molecule has 3 aromatic rings. The fourth-order valence-corrected chi connectivity index (χ4v) is 2.69. The van der Waals surface area contributed by atoms with Crippen LogP contribution in [0.1, 0.15) is 48.3 Å². The first kappa shape index (κ1) is 21.0. The van der Waals surface area contributed by atoms with Gasteiger partial charge in [-0.1, -0.05) is 43.3 Å². The quantitative estimate of drug-likeness (QED) is 0.485. The molecule has 3 rings (SSSR count). The molecule has 0 atom stereocenters. The van der Waals surface area contributed by atoms with Crippen LogP contribution < -0.4 is 16.0 Å². The maximum Gasteiger partial charge on any atom is 0.319 e. The van der Waals surface area contributed by atoms with Gasteiger partial charge in [0.1, 0.15) is 0 Å². The Balaban J connectivity index is 1.43. The van der Waals surface area contributed by atoms with Gasteiger partial charge < -0.3 is 20.5 Å². The van der Waals surface area contributed by atoms with Gasteiger partial charge in [-0.25, -0.2) is 4.79 Å². The summed E-state index contributed by atoms with van der Waals surface area (Å²) in [7, 11) is 0. The van der Waals surface area contributed by atoms with E-state index in [1.165, 1.54) is 0 Å². The number of aromatic nitrogens is 2. The number of nitrogens with one attached hydrogen (secondary N) is 3. The average Bonchev–Trinajstić information content (AvgIpc) is 3.21. The summed E-state index contributed by atoms with van der Waals surface area (Å²) in [5, 5.41) is 12.3. The topological polar surface area (TPSA) is 109 Å². The van der Waals surface area contributed by atoms with Gasteiger partial charge in [0.2, 0.25) is 5.89 Å². The van der Waals surface area contributed by atoms with Crippen molar-refractivity contribution in [3.63, 3.8) is 0 Å². The van der Waals surface area contributed by atoms with Gasteiger partial charge in [-0.3, -0.25) is 4.79 Å². The fourth-order valence-electron chi connectivity index (χ4n) is 2.69. The second-order valence-electron chi connectivity index (χ2n) is 7.09. The van der Waals surface area contributed by atoms with Gasteiger partial charge in [0.25, 0.3) is 5.91 Å². The Kier molecular flexibility index (Phi) is 7.15. The Labute approximate surface area is 175 Å². The van der Waals surface area contributed by atoms with Crippen LogP contribution >= 0.6 is 0 Å². The molecule has 0 spiro atoms. The van der Waals surface area contributed by atoms with Crippen molar-refractivity contribution in [1.29, 1.82) is 0 Å². The molecule has 3 N–H and O–H groups in total. The first-order chi connectivity index (χ1) is 14.5. The first-order valence-electron chi connectivity index (χ1n) is 9.85. The van der Waals surface area contributed by atoms with E-state index in [1.807, 2.05) is 19.9 Å². The van der Waals surface area contributed by atoms with Crippen molar-refractivity contribution in [2.24, 2.45) is 0 Å². The lowest BCUT2D eigenvalue weighted by atomic mass is 10.2. The molecule has 0 unspecified atom stereocenters. The van der Waals surface area contributed by atoms with E-state index in [-0.39, 0.29) is 17.9 Å². The molecule has 1 heterocycles. The Morgan fingerprint density at radius 2 is 1.73 bits per heavy atom. The van der Waals surface area contributed by atoms with Gasteiger partial charge in [-0.05, 0) is 36.8 Å². The molecule has 156 valence electrons. The number of amides is 3. The molecule has 0 saturated carbocycles. The van der Waals surface area contributed by atoms with E-state index in [2.05, 4.69) is 26.1 Å². The van der Waals surface area contributed by atoms with Crippen molar-refractivity contribution in [2.45, 2.75) is 32.6 Å². The zero-order valence-corrected chi connectivity index (χ0v) is 17.0. The van der Waals surface area contributed by atoms with E-state index in [9.17, 15) is 9.59 Å². The van der Waals surface area contributed by atoms with E-state index in [0.717, 1.165) is 0 Å². The number of urea groups is 1. The molecule has 0 bridgehead atoms. The average molecular weight is 407 g/mol. The normalized spacial score (nSPS) is 10.6. The van der Waals surface area contributed by atoms with Crippen molar-refractivity contribution in [3.05, 3.63) is 71.9 Å². The molecule has 30 heavy (non-hydrogen) atoms. The lowest BCUT2D eigenvalue weighted by Gasteiger charge is -2.10. The third-order valence-corrected chi connectivity index (χ3v) is 4.27. The standard InChI is InChI=1S/C22H25N5O3/c1-15(2)20-26-19(30-27-20)12-7-13-23-22(29)25-18-11-6-10-17(14-18)24-21(28)16-8-4-3-5-9-16/h3-6,8-11,14-15H,7,12-13H2,1-2H3,(H,24,28)(H2,23,25,29). The van der Waals surface area contributed by atoms with E-state index in [1.54, 1.807) is 48.5 Å². The second kappa shape index (κ2) is 10.2. The summed E-state index contributed by atoms with van der Waals surface area (Å²) >= 11 is 0. The number of carbonyl (C=O) groups excluding carboxylic acids is 2. The van der Waals surface area contributed by atoms with Crippen LogP contribution in [0.15, 0.2) is 59.1 Å². The maximum absolute atomic E-state index is 12.2. The van der Waals surface area contributed by atoms with Crippen LogP contribution in [0.2, 0.25) is 0 Å². The predicted octanol–water partition coefficient (Wildman–Crippen LogP) is 4.20. The highest BCUT2D eigenvalue weighted by Crippen LogP contribution is 2.16. The number of hydrogen-bond acceptors (Lipinski definition) is 5. The maximum atomic E-state index is 12.2. The minimum absolute atomic E-state index is 0.209. The van der Waals surface area contributed by atoms with Crippen LogP contribution in [-0.4, -0.2) is 28.6 Å². The van der Waals surface area contributed by atoms with Crippen LogP contribution in [-0.2, 0) is 6.42 Å².